The van der Waals surface area contributed by atoms with Gasteiger partial charge in [0.25, 0.3) is 0 Å². The van der Waals surface area contributed by atoms with Crippen molar-refractivity contribution in [3.8, 4) is 0 Å². The second kappa shape index (κ2) is 8.08. The second-order valence-electron chi connectivity index (χ2n) is 5.61. The fraction of sp³-hybridized carbons (Fsp3) is 0.929. The summed E-state index contributed by atoms with van der Waals surface area (Å²) in [5, 5.41) is 0. The summed E-state index contributed by atoms with van der Waals surface area (Å²) in [5.74, 6) is 1.33. The van der Waals surface area contributed by atoms with Gasteiger partial charge in [-0.15, -0.1) is 0 Å². The van der Waals surface area contributed by atoms with Gasteiger partial charge in [0.05, 0.1) is 12.2 Å². The highest BCUT2D eigenvalue weighted by molar-refractivity contribution is 4.65. The quantitative estimate of drug-likeness (QED) is 0.614. The summed E-state index contributed by atoms with van der Waals surface area (Å²) >= 11 is 0. The lowest BCUT2D eigenvalue weighted by molar-refractivity contribution is -0.0999. The van der Waals surface area contributed by atoms with Crippen LogP contribution in [0.25, 0.3) is 0 Å². The summed E-state index contributed by atoms with van der Waals surface area (Å²) in [7, 11) is 0. The van der Waals surface area contributed by atoms with Gasteiger partial charge in [0.2, 0.25) is 6.29 Å². The highest BCUT2D eigenvalue weighted by Crippen LogP contribution is 2.18. The minimum atomic E-state index is 0.242. The van der Waals surface area contributed by atoms with Crippen molar-refractivity contribution in [3.63, 3.8) is 0 Å². The van der Waals surface area contributed by atoms with Gasteiger partial charge in [0.15, 0.2) is 0 Å². The number of hydrogen-bond donors (Lipinski definition) is 0. The first-order valence-electron chi connectivity index (χ1n) is 6.48. The van der Waals surface area contributed by atoms with Gasteiger partial charge in [-0.2, -0.15) is 0 Å². The van der Waals surface area contributed by atoms with Gasteiger partial charge in [-0.25, -0.2) is 0 Å². The Hall–Kier alpha value is -0.0800. The summed E-state index contributed by atoms with van der Waals surface area (Å²) in [6.45, 7) is 14.9. The van der Waals surface area contributed by atoms with Gasteiger partial charge in [0, 0.05) is 0 Å². The van der Waals surface area contributed by atoms with Crippen molar-refractivity contribution >= 4 is 0 Å². The van der Waals surface area contributed by atoms with E-state index in [1.807, 2.05) is 6.92 Å². The molecular weight excluding hydrogens is 200 g/mol. The number of ether oxygens (including phenoxy) is 2. The van der Waals surface area contributed by atoms with E-state index in [-0.39, 0.29) is 12.2 Å². The van der Waals surface area contributed by atoms with E-state index in [4.69, 9.17) is 9.47 Å². The molecule has 16 heavy (non-hydrogen) atoms. The summed E-state index contributed by atoms with van der Waals surface area (Å²) in [6.07, 6.45) is 3.33. The third-order valence-electron chi connectivity index (χ3n) is 2.34. The summed E-state index contributed by atoms with van der Waals surface area (Å²) in [5.41, 5.74) is 0. The first-order chi connectivity index (χ1) is 7.31. The molecule has 0 saturated carbocycles. The van der Waals surface area contributed by atoms with Crippen molar-refractivity contribution in [2.45, 2.75) is 73.5 Å². The molecular formula is C14H29O2. The van der Waals surface area contributed by atoms with Crippen LogP contribution in [-0.2, 0) is 9.47 Å². The smallest absolute Gasteiger partial charge is 0.221 e. The van der Waals surface area contributed by atoms with E-state index in [1.54, 1.807) is 0 Å². The molecule has 2 heteroatoms. The van der Waals surface area contributed by atoms with Crippen LogP contribution in [0.1, 0.15) is 61.3 Å². The highest BCUT2D eigenvalue weighted by Gasteiger charge is 2.15. The van der Waals surface area contributed by atoms with E-state index in [0.29, 0.717) is 18.1 Å². The van der Waals surface area contributed by atoms with Crippen molar-refractivity contribution in [2.75, 3.05) is 0 Å². The number of rotatable bonds is 8. The van der Waals surface area contributed by atoms with Crippen LogP contribution in [-0.4, -0.2) is 12.2 Å². The van der Waals surface area contributed by atoms with Gasteiger partial charge >= 0.3 is 0 Å². The van der Waals surface area contributed by atoms with Crippen LogP contribution in [0.3, 0.4) is 0 Å². The molecule has 2 unspecified atom stereocenters. The molecule has 0 saturated heterocycles. The molecule has 0 N–H and O–H groups in total. The lowest BCUT2D eigenvalue weighted by atomic mass is 10.1. The molecule has 0 aromatic rings. The highest BCUT2D eigenvalue weighted by atomic mass is 16.7. The van der Waals surface area contributed by atoms with Crippen molar-refractivity contribution in [1.82, 2.24) is 0 Å². The van der Waals surface area contributed by atoms with E-state index in [9.17, 15) is 0 Å². The molecule has 0 aromatic carbocycles. The Kier molecular flexibility index (Phi) is 8.04. The third kappa shape index (κ3) is 9.17. The van der Waals surface area contributed by atoms with Gasteiger partial charge in [-0.1, -0.05) is 27.7 Å². The van der Waals surface area contributed by atoms with Gasteiger partial charge < -0.3 is 9.47 Å². The maximum Gasteiger partial charge on any atom is 0.221 e. The first kappa shape index (κ1) is 15.9. The van der Waals surface area contributed by atoms with Crippen LogP contribution in [0.5, 0.6) is 0 Å². The Balaban J connectivity index is 3.75. The third-order valence-corrected chi connectivity index (χ3v) is 2.34. The molecule has 0 fully saturated rings. The van der Waals surface area contributed by atoms with Gasteiger partial charge in [-0.05, 0) is 45.4 Å². The molecule has 0 aliphatic heterocycles. The second-order valence-corrected chi connectivity index (χ2v) is 5.61. The van der Waals surface area contributed by atoms with E-state index in [2.05, 4.69) is 41.5 Å². The molecule has 0 rings (SSSR count). The molecule has 2 atom stereocenters. The monoisotopic (exact) mass is 229 g/mol. The van der Waals surface area contributed by atoms with Crippen LogP contribution in [0, 0.1) is 18.1 Å². The van der Waals surface area contributed by atoms with Crippen LogP contribution in [0.2, 0.25) is 0 Å². The Morgan fingerprint density at radius 3 is 1.31 bits per heavy atom. The normalized spacial score (nSPS) is 16.1. The maximum atomic E-state index is 5.71. The largest absolute Gasteiger partial charge is 0.342 e. The summed E-state index contributed by atoms with van der Waals surface area (Å²) < 4.78 is 11.4. The average Bonchev–Trinajstić information content (AvgIpc) is 1.97. The molecule has 0 aliphatic rings. The summed E-state index contributed by atoms with van der Waals surface area (Å²) in [4.78, 5) is 0. The zero-order valence-electron chi connectivity index (χ0n) is 12.0. The Morgan fingerprint density at radius 1 is 0.750 bits per heavy atom. The van der Waals surface area contributed by atoms with E-state index >= 15 is 0 Å². The van der Waals surface area contributed by atoms with Gasteiger partial charge in [-0.3, -0.25) is 0 Å². The Bertz CT molecular complexity index is 148. The molecule has 0 spiro atoms. The molecule has 1 radical (unpaired) electrons. The topological polar surface area (TPSA) is 18.5 Å². The molecule has 0 amide bonds. The van der Waals surface area contributed by atoms with E-state index in [0.717, 1.165) is 12.8 Å². The Morgan fingerprint density at radius 2 is 1.06 bits per heavy atom. The number of hydrogen-bond acceptors (Lipinski definition) is 2. The van der Waals surface area contributed by atoms with Crippen LogP contribution >= 0.6 is 0 Å². The summed E-state index contributed by atoms with van der Waals surface area (Å²) in [6, 6.07) is 0. The fourth-order valence-electron chi connectivity index (χ4n) is 2.02. The minimum absolute atomic E-state index is 0.242. The van der Waals surface area contributed by atoms with E-state index < -0.39 is 0 Å². The lowest BCUT2D eigenvalue weighted by Crippen LogP contribution is -2.20. The Labute approximate surface area is 102 Å². The van der Waals surface area contributed by atoms with Crippen LogP contribution < -0.4 is 0 Å². The first-order valence-corrected chi connectivity index (χ1v) is 6.48. The van der Waals surface area contributed by atoms with Crippen molar-refractivity contribution in [1.29, 1.82) is 0 Å². The zero-order chi connectivity index (χ0) is 12.7. The molecule has 0 aromatic heterocycles. The van der Waals surface area contributed by atoms with Crippen molar-refractivity contribution in [2.24, 2.45) is 11.8 Å². The zero-order valence-corrected chi connectivity index (χ0v) is 12.0. The van der Waals surface area contributed by atoms with Crippen LogP contribution in [0.15, 0.2) is 0 Å². The fourth-order valence-corrected chi connectivity index (χ4v) is 2.02. The average molecular weight is 229 g/mol. The lowest BCUT2D eigenvalue weighted by Gasteiger charge is -2.23. The van der Waals surface area contributed by atoms with Crippen LogP contribution in [0.4, 0.5) is 0 Å². The van der Waals surface area contributed by atoms with Gasteiger partial charge in [0.1, 0.15) is 0 Å². The van der Waals surface area contributed by atoms with Crippen molar-refractivity contribution < 1.29 is 9.47 Å². The standard InChI is InChI=1S/C14H29O2/c1-10(2)8-12(5)15-14(7)16-13(6)9-11(3)4/h10-13H,8-9H2,1-7H3. The molecule has 0 heterocycles. The van der Waals surface area contributed by atoms with Crippen molar-refractivity contribution in [3.05, 3.63) is 6.29 Å². The minimum Gasteiger partial charge on any atom is -0.342 e. The maximum absolute atomic E-state index is 5.71. The van der Waals surface area contributed by atoms with E-state index in [1.165, 1.54) is 0 Å². The molecule has 0 aliphatic carbocycles. The predicted octanol–water partition coefficient (Wildman–Crippen LogP) is 4.40. The predicted molar refractivity (Wildman–Crippen MR) is 68.9 cm³/mol. The molecule has 97 valence electrons. The molecule has 2 nitrogen and oxygen atoms in total. The molecule has 0 bridgehead atoms. The SMILES string of the molecule is C[C](OC(C)CC(C)C)OC(C)CC(C)C.